The first-order valence-electron chi connectivity index (χ1n) is 10.8. The number of aryl methyl sites for hydroxylation is 1. The van der Waals surface area contributed by atoms with Crippen LogP contribution in [0.3, 0.4) is 0 Å². The van der Waals surface area contributed by atoms with Crippen molar-refractivity contribution in [2.24, 2.45) is 0 Å². The van der Waals surface area contributed by atoms with Crippen LogP contribution in [0.2, 0.25) is 5.02 Å². The number of nitrogens with zero attached hydrogens (tertiary/aromatic N) is 2. The van der Waals surface area contributed by atoms with Gasteiger partial charge in [-0.2, -0.15) is 0 Å². The van der Waals surface area contributed by atoms with Crippen LogP contribution in [0, 0.1) is 0 Å². The van der Waals surface area contributed by atoms with Crippen LogP contribution < -0.4 is 10.1 Å². The molecule has 2 N–H and O–H groups in total. The van der Waals surface area contributed by atoms with E-state index >= 15 is 0 Å². The van der Waals surface area contributed by atoms with E-state index in [0.717, 1.165) is 51.0 Å². The molecule has 0 aliphatic heterocycles. The number of pyridine rings is 1. The lowest BCUT2D eigenvalue weighted by molar-refractivity contribution is 0.161. The monoisotopic (exact) mass is 457 g/mol. The van der Waals surface area contributed by atoms with Crippen LogP contribution >= 0.6 is 11.6 Å². The fourth-order valence-corrected chi connectivity index (χ4v) is 4.21. The summed E-state index contributed by atoms with van der Waals surface area (Å²) in [5.41, 5.74) is 4.42. The molecule has 0 radical (unpaired) electrons. The molecule has 6 heteroatoms. The summed E-state index contributed by atoms with van der Waals surface area (Å²) < 4.78 is 7.51. The first-order chi connectivity index (χ1) is 16.1. The Morgan fingerprint density at radius 1 is 0.970 bits per heavy atom. The van der Waals surface area contributed by atoms with Gasteiger partial charge in [0.2, 0.25) is 0 Å². The number of aromatic nitrogens is 2. The lowest BCUT2D eigenvalue weighted by Crippen LogP contribution is -2.03. The van der Waals surface area contributed by atoms with E-state index in [1.165, 1.54) is 0 Å². The molecular weight excluding hydrogens is 434 g/mol. The number of hydrogen-bond acceptors (Lipinski definition) is 4. The average molecular weight is 458 g/mol. The van der Waals surface area contributed by atoms with Gasteiger partial charge in [-0.1, -0.05) is 23.7 Å². The molecule has 0 bridgehead atoms. The van der Waals surface area contributed by atoms with Crippen molar-refractivity contribution in [3.8, 4) is 5.75 Å². The Hall–Kier alpha value is -3.54. The molecule has 2 heterocycles. The molecule has 3 aromatic carbocycles. The van der Waals surface area contributed by atoms with Crippen molar-refractivity contribution in [3.05, 3.63) is 95.8 Å². The van der Waals surface area contributed by atoms with Crippen LogP contribution in [0.25, 0.3) is 21.8 Å². The van der Waals surface area contributed by atoms with Gasteiger partial charge in [-0.3, -0.25) is 0 Å². The first kappa shape index (κ1) is 21.3. The predicted molar refractivity (Wildman–Crippen MR) is 135 cm³/mol. The van der Waals surface area contributed by atoms with Crippen molar-refractivity contribution in [1.82, 2.24) is 9.55 Å². The van der Waals surface area contributed by atoms with E-state index < -0.39 is 6.10 Å². The maximum absolute atomic E-state index is 10.6. The van der Waals surface area contributed by atoms with E-state index in [-0.39, 0.29) is 0 Å². The number of ether oxygens (including phenoxy) is 1. The minimum Gasteiger partial charge on any atom is -0.497 e. The molecule has 0 unspecified atom stereocenters. The Labute approximate surface area is 197 Å². The number of methoxy groups -OCH3 is 1. The Balaban J connectivity index is 1.46. The number of nitrogens with one attached hydrogen (secondary N) is 1. The summed E-state index contributed by atoms with van der Waals surface area (Å²) in [5, 5.41) is 16.7. The normalized spacial score (nSPS) is 12.2. The summed E-state index contributed by atoms with van der Waals surface area (Å²) in [6.07, 6.45) is 4.15. The molecule has 0 spiro atoms. The van der Waals surface area contributed by atoms with Gasteiger partial charge in [0.05, 0.1) is 29.9 Å². The van der Waals surface area contributed by atoms with E-state index in [2.05, 4.69) is 9.88 Å². The highest BCUT2D eigenvalue weighted by Crippen LogP contribution is 2.36. The maximum atomic E-state index is 10.6. The van der Waals surface area contributed by atoms with Crippen LogP contribution in [0.5, 0.6) is 5.75 Å². The first-order valence-corrected chi connectivity index (χ1v) is 11.2. The zero-order chi connectivity index (χ0) is 22.8. The summed E-state index contributed by atoms with van der Waals surface area (Å²) in [6, 6.07) is 23.4. The topological polar surface area (TPSA) is 59.3 Å². The number of fused-ring (bicyclic) bond motifs is 2. The standard InChI is InChI=1S/C27H24ClN3O2/c1-33-21-9-11-24-23(17-21)27(22-10-6-19(28)16-25(22)30-24)29-20-7-4-18(5-8-20)26(32)12-15-31-13-2-3-14-31/h2-11,13-14,16-17,26,32H,12,15H2,1H3,(H,29,30)/t26-/m1/s1. The molecule has 0 saturated heterocycles. The summed E-state index contributed by atoms with van der Waals surface area (Å²) in [6.45, 7) is 0.771. The smallest absolute Gasteiger partial charge is 0.119 e. The van der Waals surface area contributed by atoms with Gasteiger partial charge in [-0.05, 0) is 72.6 Å². The molecule has 1 atom stereocenters. The lowest BCUT2D eigenvalue weighted by atomic mass is 10.0. The number of halogens is 1. The average Bonchev–Trinajstić information content (AvgIpc) is 3.36. The number of benzene rings is 3. The fourth-order valence-electron chi connectivity index (χ4n) is 4.05. The second kappa shape index (κ2) is 9.14. The highest BCUT2D eigenvalue weighted by atomic mass is 35.5. The second-order valence-corrected chi connectivity index (χ2v) is 8.44. The minimum absolute atomic E-state index is 0.518. The maximum Gasteiger partial charge on any atom is 0.119 e. The number of anilines is 2. The molecule has 166 valence electrons. The SMILES string of the molecule is COc1ccc2nc3cc(Cl)ccc3c(Nc3ccc([C@H](O)CCn4cccc4)cc3)c2c1. The molecule has 5 rings (SSSR count). The van der Waals surface area contributed by atoms with E-state index in [0.29, 0.717) is 11.4 Å². The van der Waals surface area contributed by atoms with Crippen molar-refractivity contribution in [2.45, 2.75) is 19.1 Å². The second-order valence-electron chi connectivity index (χ2n) is 8.00. The number of rotatable bonds is 7. The van der Waals surface area contributed by atoms with E-state index in [1.807, 2.05) is 85.2 Å². The van der Waals surface area contributed by atoms with E-state index in [9.17, 15) is 5.11 Å². The molecule has 0 amide bonds. The van der Waals surface area contributed by atoms with Gasteiger partial charge >= 0.3 is 0 Å². The zero-order valence-electron chi connectivity index (χ0n) is 18.2. The van der Waals surface area contributed by atoms with Crippen LogP contribution in [0.15, 0.2) is 85.2 Å². The van der Waals surface area contributed by atoms with Gasteiger partial charge in [0, 0.05) is 40.4 Å². The molecular formula is C27H24ClN3O2. The zero-order valence-corrected chi connectivity index (χ0v) is 19.0. The van der Waals surface area contributed by atoms with Gasteiger partial charge in [0.1, 0.15) is 5.75 Å². The van der Waals surface area contributed by atoms with Gasteiger partial charge in [-0.25, -0.2) is 4.98 Å². The fraction of sp³-hybridized carbons (Fsp3) is 0.148. The van der Waals surface area contributed by atoms with Crippen molar-refractivity contribution < 1.29 is 9.84 Å². The van der Waals surface area contributed by atoms with Crippen LogP contribution in [-0.4, -0.2) is 21.8 Å². The summed E-state index contributed by atoms with van der Waals surface area (Å²) in [5.74, 6) is 0.766. The third-order valence-corrected chi connectivity index (χ3v) is 6.07. The number of aliphatic hydroxyl groups is 1. The Morgan fingerprint density at radius 2 is 1.76 bits per heavy atom. The van der Waals surface area contributed by atoms with Crippen molar-refractivity contribution in [1.29, 1.82) is 0 Å². The Morgan fingerprint density at radius 3 is 2.52 bits per heavy atom. The molecule has 0 fully saturated rings. The quantitative estimate of drug-likeness (QED) is 0.266. The minimum atomic E-state index is -0.518. The molecule has 5 nitrogen and oxygen atoms in total. The molecule has 0 aliphatic rings. The molecule has 0 saturated carbocycles. The predicted octanol–water partition coefficient (Wildman–Crippen LogP) is 6.72. The highest BCUT2D eigenvalue weighted by molar-refractivity contribution is 6.31. The molecule has 2 aromatic heterocycles. The number of hydrogen-bond donors (Lipinski definition) is 2. The Kier molecular flexibility index (Phi) is 5.90. The van der Waals surface area contributed by atoms with Crippen molar-refractivity contribution in [3.63, 3.8) is 0 Å². The third kappa shape index (κ3) is 4.51. The van der Waals surface area contributed by atoms with Crippen LogP contribution in [0.1, 0.15) is 18.1 Å². The third-order valence-electron chi connectivity index (χ3n) is 5.83. The molecule has 0 aliphatic carbocycles. The van der Waals surface area contributed by atoms with Gasteiger partial charge in [0.25, 0.3) is 0 Å². The highest BCUT2D eigenvalue weighted by Gasteiger charge is 2.12. The van der Waals surface area contributed by atoms with E-state index in [4.69, 9.17) is 21.3 Å². The summed E-state index contributed by atoms with van der Waals surface area (Å²) in [7, 11) is 1.66. The number of aliphatic hydroxyl groups excluding tert-OH is 1. The largest absolute Gasteiger partial charge is 0.497 e. The van der Waals surface area contributed by atoms with Crippen molar-refractivity contribution >= 4 is 44.8 Å². The summed E-state index contributed by atoms with van der Waals surface area (Å²) >= 11 is 6.23. The molecule has 5 aromatic rings. The van der Waals surface area contributed by atoms with Crippen molar-refractivity contribution in [2.75, 3.05) is 12.4 Å². The van der Waals surface area contributed by atoms with Gasteiger partial charge in [0.15, 0.2) is 0 Å². The molecule has 33 heavy (non-hydrogen) atoms. The lowest BCUT2D eigenvalue weighted by Gasteiger charge is -2.16. The van der Waals surface area contributed by atoms with Crippen LogP contribution in [-0.2, 0) is 6.54 Å². The van der Waals surface area contributed by atoms with Gasteiger partial charge in [-0.15, -0.1) is 0 Å². The van der Waals surface area contributed by atoms with Gasteiger partial charge < -0.3 is 19.7 Å². The van der Waals surface area contributed by atoms with E-state index in [1.54, 1.807) is 7.11 Å². The van der Waals surface area contributed by atoms with Crippen LogP contribution in [0.4, 0.5) is 11.4 Å². The Bertz CT molecular complexity index is 1400. The summed E-state index contributed by atoms with van der Waals surface area (Å²) in [4.78, 5) is 4.78.